The molecule has 0 amide bonds. The molecule has 1 aromatic heterocycles. The fourth-order valence-electron chi connectivity index (χ4n) is 5.30. The largest absolute Gasteiger partial charge is 0.377 e. The second kappa shape index (κ2) is 5.77. The summed E-state index contributed by atoms with van der Waals surface area (Å²) in [6.07, 6.45) is 2.78. The van der Waals surface area contributed by atoms with Crippen LogP contribution in [0.1, 0.15) is 38.3 Å². The van der Waals surface area contributed by atoms with E-state index in [2.05, 4.69) is 37.1 Å². The molecule has 1 N–H and O–H groups in total. The van der Waals surface area contributed by atoms with Gasteiger partial charge in [-0.1, -0.05) is 19.1 Å². The standard InChI is InChI=1S/C24H25FN2O/c1-14-10-16(15-6-5-8-26-20(15)11-14)17-12-18-21(13-19(17)25)27-23(2,3)22-24(18,4)7-9-28-22/h5-6,8,10-13,22,27H,7,9H2,1-4H3. The first kappa shape index (κ1) is 17.6. The van der Waals surface area contributed by atoms with Crippen LogP contribution in [0.25, 0.3) is 22.0 Å². The Bertz CT molecular complexity index is 1110. The molecule has 0 spiro atoms. The van der Waals surface area contributed by atoms with Crippen molar-refractivity contribution in [3.63, 3.8) is 0 Å². The van der Waals surface area contributed by atoms with E-state index in [1.165, 1.54) is 0 Å². The quantitative estimate of drug-likeness (QED) is 0.600. The number of anilines is 1. The molecule has 2 unspecified atom stereocenters. The topological polar surface area (TPSA) is 34.1 Å². The molecule has 2 aliphatic heterocycles. The van der Waals surface area contributed by atoms with E-state index >= 15 is 4.39 Å². The number of nitrogens with zero attached hydrogens (tertiary/aromatic N) is 1. The maximum absolute atomic E-state index is 15.4. The lowest BCUT2D eigenvalue weighted by atomic mass is 9.66. The van der Waals surface area contributed by atoms with Crippen LogP contribution in [-0.4, -0.2) is 23.2 Å². The van der Waals surface area contributed by atoms with Crippen LogP contribution in [0.15, 0.2) is 42.6 Å². The van der Waals surface area contributed by atoms with E-state index in [0.29, 0.717) is 5.56 Å². The Morgan fingerprint density at radius 2 is 1.96 bits per heavy atom. The molecule has 3 aromatic rings. The van der Waals surface area contributed by atoms with Gasteiger partial charge in [0.15, 0.2) is 0 Å². The van der Waals surface area contributed by atoms with Crippen molar-refractivity contribution in [2.45, 2.75) is 51.2 Å². The minimum Gasteiger partial charge on any atom is -0.377 e. The Hall–Kier alpha value is -2.46. The van der Waals surface area contributed by atoms with Gasteiger partial charge in [0.2, 0.25) is 0 Å². The van der Waals surface area contributed by atoms with Gasteiger partial charge < -0.3 is 10.1 Å². The van der Waals surface area contributed by atoms with Crippen LogP contribution in [0.5, 0.6) is 0 Å². The summed E-state index contributed by atoms with van der Waals surface area (Å²) in [4.78, 5) is 4.48. The van der Waals surface area contributed by atoms with E-state index in [-0.39, 0.29) is 22.9 Å². The van der Waals surface area contributed by atoms with Crippen LogP contribution >= 0.6 is 0 Å². The van der Waals surface area contributed by atoms with E-state index in [4.69, 9.17) is 4.74 Å². The molecule has 3 nitrogen and oxygen atoms in total. The van der Waals surface area contributed by atoms with Crippen molar-refractivity contribution < 1.29 is 9.13 Å². The molecular weight excluding hydrogens is 351 g/mol. The lowest BCUT2D eigenvalue weighted by molar-refractivity contribution is 0.0352. The number of hydrogen-bond acceptors (Lipinski definition) is 3. The van der Waals surface area contributed by atoms with Crippen LogP contribution < -0.4 is 5.32 Å². The maximum atomic E-state index is 15.4. The normalized spacial score (nSPS) is 25.2. The first-order chi connectivity index (χ1) is 13.3. The van der Waals surface area contributed by atoms with Crippen molar-refractivity contribution in [3.8, 4) is 11.1 Å². The van der Waals surface area contributed by atoms with Crippen molar-refractivity contribution in [2.24, 2.45) is 0 Å². The Labute approximate surface area is 164 Å². The molecule has 1 saturated heterocycles. The molecule has 28 heavy (non-hydrogen) atoms. The Morgan fingerprint density at radius 3 is 2.79 bits per heavy atom. The Morgan fingerprint density at radius 1 is 1.14 bits per heavy atom. The number of nitrogens with one attached hydrogen (secondary N) is 1. The molecule has 0 radical (unpaired) electrons. The van der Waals surface area contributed by atoms with E-state index in [0.717, 1.165) is 46.3 Å². The third-order valence-corrected chi connectivity index (χ3v) is 6.47. The zero-order valence-corrected chi connectivity index (χ0v) is 16.8. The van der Waals surface area contributed by atoms with Crippen LogP contribution in [-0.2, 0) is 10.2 Å². The fourth-order valence-corrected chi connectivity index (χ4v) is 5.30. The molecule has 0 aliphatic carbocycles. The van der Waals surface area contributed by atoms with Crippen LogP contribution in [0.2, 0.25) is 0 Å². The average molecular weight is 376 g/mol. The molecule has 4 heteroatoms. The first-order valence-corrected chi connectivity index (χ1v) is 9.89. The number of aryl methyl sites for hydroxylation is 1. The summed E-state index contributed by atoms with van der Waals surface area (Å²) in [5.74, 6) is -0.209. The highest BCUT2D eigenvalue weighted by molar-refractivity contribution is 5.96. The third-order valence-electron chi connectivity index (χ3n) is 6.47. The predicted octanol–water partition coefficient (Wildman–Crippen LogP) is 5.60. The summed E-state index contributed by atoms with van der Waals surface area (Å²) in [5, 5.41) is 4.50. The molecule has 1 fully saturated rings. The zero-order valence-electron chi connectivity index (χ0n) is 16.8. The van der Waals surface area contributed by atoms with Gasteiger partial charge in [0.25, 0.3) is 0 Å². The summed E-state index contributed by atoms with van der Waals surface area (Å²) in [7, 11) is 0. The second-order valence-electron chi connectivity index (χ2n) is 9.03. The lowest BCUT2D eigenvalue weighted by Crippen LogP contribution is -2.56. The van der Waals surface area contributed by atoms with Crippen LogP contribution in [0.4, 0.5) is 10.1 Å². The number of benzene rings is 2. The summed E-state index contributed by atoms with van der Waals surface area (Å²) < 4.78 is 21.5. The second-order valence-corrected chi connectivity index (χ2v) is 9.03. The maximum Gasteiger partial charge on any atom is 0.133 e. The lowest BCUT2D eigenvalue weighted by Gasteiger charge is -2.48. The average Bonchev–Trinajstić information content (AvgIpc) is 3.04. The van der Waals surface area contributed by atoms with Crippen molar-refractivity contribution in [2.75, 3.05) is 11.9 Å². The van der Waals surface area contributed by atoms with Crippen LogP contribution in [0, 0.1) is 12.7 Å². The molecular formula is C24H25FN2O. The number of hydrogen-bond donors (Lipinski definition) is 1. The van der Waals surface area contributed by atoms with Crippen molar-refractivity contribution in [1.29, 1.82) is 0 Å². The molecule has 144 valence electrons. The molecule has 3 heterocycles. The summed E-state index contributed by atoms with van der Waals surface area (Å²) >= 11 is 0. The van der Waals surface area contributed by atoms with Gasteiger partial charge in [-0.15, -0.1) is 0 Å². The van der Waals surface area contributed by atoms with Gasteiger partial charge in [0.05, 0.1) is 17.2 Å². The highest BCUT2D eigenvalue weighted by Crippen LogP contribution is 2.51. The Balaban J connectivity index is 1.78. The van der Waals surface area contributed by atoms with Gasteiger partial charge in [-0.3, -0.25) is 4.98 Å². The van der Waals surface area contributed by atoms with Gasteiger partial charge >= 0.3 is 0 Å². The predicted molar refractivity (Wildman–Crippen MR) is 111 cm³/mol. The number of rotatable bonds is 1. The molecule has 2 atom stereocenters. The summed E-state index contributed by atoms with van der Waals surface area (Å²) in [6, 6.07) is 11.7. The molecule has 2 aromatic carbocycles. The van der Waals surface area contributed by atoms with Gasteiger partial charge in [0.1, 0.15) is 5.82 Å². The number of aromatic nitrogens is 1. The van der Waals surface area contributed by atoms with E-state index in [9.17, 15) is 0 Å². The van der Waals surface area contributed by atoms with Gasteiger partial charge in [0, 0.05) is 34.9 Å². The minimum atomic E-state index is -0.244. The highest BCUT2D eigenvalue weighted by atomic mass is 19.1. The SMILES string of the molecule is Cc1cc(-c2cc3c(cc2F)NC(C)(C)C2OCCC32C)c2cccnc2c1. The first-order valence-electron chi connectivity index (χ1n) is 9.89. The molecule has 2 aliphatic rings. The van der Waals surface area contributed by atoms with Crippen molar-refractivity contribution in [1.82, 2.24) is 4.98 Å². The van der Waals surface area contributed by atoms with E-state index in [1.54, 1.807) is 12.3 Å². The van der Waals surface area contributed by atoms with Crippen LogP contribution in [0.3, 0.4) is 0 Å². The summed E-state index contributed by atoms with van der Waals surface area (Å²) in [5.41, 5.74) is 5.14. The minimum absolute atomic E-state index is 0.0572. The van der Waals surface area contributed by atoms with Gasteiger partial charge in [-0.25, -0.2) is 4.39 Å². The fraction of sp³-hybridized carbons (Fsp3) is 0.375. The number of fused-ring (bicyclic) bond motifs is 4. The van der Waals surface area contributed by atoms with E-state index in [1.807, 2.05) is 31.2 Å². The van der Waals surface area contributed by atoms with Crippen molar-refractivity contribution >= 4 is 16.6 Å². The number of ether oxygens (including phenoxy) is 1. The highest BCUT2D eigenvalue weighted by Gasteiger charge is 2.53. The molecule has 0 bridgehead atoms. The number of halogens is 1. The number of pyridine rings is 1. The molecule has 0 saturated carbocycles. The van der Waals surface area contributed by atoms with Crippen molar-refractivity contribution in [3.05, 3.63) is 59.5 Å². The van der Waals surface area contributed by atoms with E-state index < -0.39 is 0 Å². The smallest absolute Gasteiger partial charge is 0.133 e. The molecule has 5 rings (SSSR count). The Kier molecular flexibility index (Phi) is 3.63. The third kappa shape index (κ3) is 2.40. The monoisotopic (exact) mass is 376 g/mol. The van der Waals surface area contributed by atoms with Gasteiger partial charge in [-0.2, -0.15) is 0 Å². The summed E-state index contributed by atoms with van der Waals surface area (Å²) in [6.45, 7) is 9.28. The zero-order chi connectivity index (χ0) is 19.7. The van der Waals surface area contributed by atoms with Gasteiger partial charge in [-0.05, 0) is 68.1 Å².